The number of amides is 1. The van der Waals surface area contributed by atoms with Crippen molar-refractivity contribution in [3.63, 3.8) is 0 Å². The highest BCUT2D eigenvalue weighted by Gasteiger charge is 2.44. The third-order valence-corrected chi connectivity index (χ3v) is 5.45. The van der Waals surface area contributed by atoms with Gasteiger partial charge in [-0.05, 0) is 38.3 Å². The molecule has 0 spiro atoms. The van der Waals surface area contributed by atoms with Gasteiger partial charge in [0.1, 0.15) is 24.5 Å². The van der Waals surface area contributed by atoms with Crippen LogP contribution in [0.4, 0.5) is 4.79 Å². The number of carbonyl (C=O) groups is 4. The molecule has 1 heterocycles. The minimum atomic E-state index is -1.00. The summed E-state index contributed by atoms with van der Waals surface area (Å²) in [4.78, 5) is 49.6. The smallest absolute Gasteiger partial charge is 0.408 e. The molecule has 0 saturated heterocycles. The Hall–Kier alpha value is -3.62. The van der Waals surface area contributed by atoms with Gasteiger partial charge in [0.2, 0.25) is 0 Å². The van der Waals surface area contributed by atoms with Crippen LogP contribution in [0.2, 0.25) is 0 Å². The summed E-state index contributed by atoms with van der Waals surface area (Å²) < 4.78 is 20.6. The summed E-state index contributed by atoms with van der Waals surface area (Å²) in [6.45, 7) is 4.99. The van der Waals surface area contributed by atoms with Crippen LogP contribution in [-0.4, -0.2) is 49.4 Å². The van der Waals surface area contributed by atoms with E-state index in [-0.39, 0.29) is 18.6 Å². The molecule has 0 fully saturated rings. The molecule has 0 saturated carbocycles. The molecule has 9 heteroatoms. The van der Waals surface area contributed by atoms with Crippen molar-refractivity contribution in [2.24, 2.45) is 11.8 Å². The van der Waals surface area contributed by atoms with Crippen LogP contribution in [0.15, 0.2) is 53.8 Å². The summed E-state index contributed by atoms with van der Waals surface area (Å²) >= 11 is 0. The van der Waals surface area contributed by atoms with Gasteiger partial charge in [-0.25, -0.2) is 14.4 Å². The molecular weight excluding hydrogens is 442 g/mol. The molecule has 0 radical (unpaired) electrons. The monoisotopic (exact) mass is 471 g/mol. The van der Waals surface area contributed by atoms with E-state index in [4.69, 9.17) is 18.9 Å². The third kappa shape index (κ3) is 6.24. The number of methoxy groups -OCH3 is 1. The van der Waals surface area contributed by atoms with Gasteiger partial charge in [0.05, 0.1) is 18.6 Å². The number of ether oxygens (including phenoxy) is 4. The van der Waals surface area contributed by atoms with Gasteiger partial charge in [-0.3, -0.25) is 4.79 Å². The largest absolute Gasteiger partial charge is 0.466 e. The molecule has 0 unspecified atom stereocenters. The van der Waals surface area contributed by atoms with E-state index in [2.05, 4.69) is 5.32 Å². The fourth-order valence-electron chi connectivity index (χ4n) is 3.92. The fourth-order valence-corrected chi connectivity index (χ4v) is 3.92. The van der Waals surface area contributed by atoms with Gasteiger partial charge in [0.25, 0.3) is 0 Å². The van der Waals surface area contributed by atoms with Crippen molar-refractivity contribution in [1.29, 1.82) is 0 Å². The molecule has 9 nitrogen and oxygen atoms in total. The van der Waals surface area contributed by atoms with Gasteiger partial charge in [-0.1, -0.05) is 36.4 Å². The van der Waals surface area contributed by atoms with Crippen molar-refractivity contribution in [1.82, 2.24) is 5.32 Å². The molecule has 1 aliphatic carbocycles. The van der Waals surface area contributed by atoms with Gasteiger partial charge in [0.15, 0.2) is 0 Å². The van der Waals surface area contributed by atoms with E-state index >= 15 is 0 Å². The van der Waals surface area contributed by atoms with Crippen LogP contribution in [0, 0.1) is 11.8 Å². The van der Waals surface area contributed by atoms with Gasteiger partial charge in [0, 0.05) is 12.3 Å². The maximum absolute atomic E-state index is 12.9. The lowest BCUT2D eigenvalue weighted by Crippen LogP contribution is -2.45. The molecule has 1 amide bonds. The Labute approximate surface area is 198 Å². The zero-order valence-corrected chi connectivity index (χ0v) is 19.7. The summed E-state index contributed by atoms with van der Waals surface area (Å²) in [5.74, 6) is -2.93. The number of hydrogen-bond donors (Lipinski definition) is 1. The molecule has 1 aliphatic heterocycles. The van der Waals surface area contributed by atoms with E-state index in [1.165, 1.54) is 7.11 Å². The van der Waals surface area contributed by atoms with Crippen molar-refractivity contribution in [2.45, 2.75) is 45.3 Å². The fraction of sp³-hybridized carbons (Fsp3) is 0.440. The topological polar surface area (TPSA) is 117 Å². The van der Waals surface area contributed by atoms with Gasteiger partial charge in [-0.2, -0.15) is 0 Å². The van der Waals surface area contributed by atoms with Crippen LogP contribution in [-0.2, 0) is 39.8 Å². The second-order valence-electron chi connectivity index (χ2n) is 9.10. The summed E-state index contributed by atoms with van der Waals surface area (Å²) in [5.41, 5.74) is 0.887. The summed E-state index contributed by atoms with van der Waals surface area (Å²) in [6.07, 6.45) is 2.76. The highest BCUT2D eigenvalue weighted by atomic mass is 16.6. The van der Waals surface area contributed by atoms with Crippen LogP contribution < -0.4 is 5.32 Å². The van der Waals surface area contributed by atoms with Gasteiger partial charge in [-0.15, -0.1) is 0 Å². The van der Waals surface area contributed by atoms with Crippen molar-refractivity contribution in [3.05, 3.63) is 59.4 Å². The van der Waals surface area contributed by atoms with E-state index in [1.54, 1.807) is 26.8 Å². The SMILES string of the molecule is COC(=O)C1=COC(=O)[C@@H]2C(COC(=O)[C@H](Cc3ccccc3)NC(=O)OC(C)(C)C)=CC[C@H]12. The Bertz CT molecular complexity index is 1010. The van der Waals surface area contributed by atoms with Crippen LogP contribution in [0.3, 0.4) is 0 Å². The lowest BCUT2D eigenvalue weighted by Gasteiger charge is -2.26. The molecule has 0 aromatic heterocycles. The molecule has 0 bridgehead atoms. The Morgan fingerprint density at radius 3 is 2.53 bits per heavy atom. The third-order valence-electron chi connectivity index (χ3n) is 5.45. The van der Waals surface area contributed by atoms with E-state index in [0.717, 1.165) is 11.8 Å². The first-order chi connectivity index (χ1) is 16.1. The number of carbonyl (C=O) groups excluding carboxylic acids is 4. The van der Waals surface area contributed by atoms with Gasteiger partial charge >= 0.3 is 24.0 Å². The molecule has 3 atom stereocenters. The number of hydrogen-bond acceptors (Lipinski definition) is 8. The van der Waals surface area contributed by atoms with Crippen molar-refractivity contribution < 1.29 is 38.1 Å². The number of fused-ring (bicyclic) bond motifs is 1. The first kappa shape index (κ1) is 25.0. The molecule has 1 N–H and O–H groups in total. The Kier molecular flexibility index (Phi) is 7.75. The van der Waals surface area contributed by atoms with E-state index in [1.807, 2.05) is 30.3 Å². The molecule has 182 valence electrons. The molecule has 34 heavy (non-hydrogen) atoms. The van der Waals surface area contributed by atoms with E-state index in [0.29, 0.717) is 12.0 Å². The number of cyclic esters (lactones) is 1. The number of esters is 3. The minimum absolute atomic E-state index is 0.176. The summed E-state index contributed by atoms with van der Waals surface area (Å²) in [6, 6.07) is 8.17. The second-order valence-corrected chi connectivity index (χ2v) is 9.10. The number of alkyl carbamates (subject to hydrolysis) is 1. The molecule has 1 aromatic carbocycles. The van der Waals surface area contributed by atoms with Crippen molar-refractivity contribution >= 4 is 24.0 Å². The number of rotatable bonds is 7. The molecule has 2 aliphatic rings. The van der Waals surface area contributed by atoms with Crippen LogP contribution >= 0.6 is 0 Å². The number of benzene rings is 1. The zero-order valence-electron chi connectivity index (χ0n) is 19.7. The standard InChI is InChI=1S/C25H29NO8/c1-25(2,3)34-24(30)26-19(12-15-8-6-5-7-9-15)22(28)32-13-16-10-11-17-18(21(27)31-4)14-33-23(29)20(16)17/h5-10,14,17,19-20H,11-13H2,1-4H3,(H,26,30)/t17-,19+,20-/m1/s1. The highest BCUT2D eigenvalue weighted by molar-refractivity contribution is 5.93. The predicted molar refractivity (Wildman–Crippen MR) is 120 cm³/mol. The average Bonchev–Trinajstić information content (AvgIpc) is 3.21. The number of nitrogens with one attached hydrogen (secondary N) is 1. The van der Waals surface area contributed by atoms with Crippen molar-refractivity contribution in [3.8, 4) is 0 Å². The maximum Gasteiger partial charge on any atom is 0.408 e. The highest BCUT2D eigenvalue weighted by Crippen LogP contribution is 2.41. The molecule has 1 aromatic rings. The summed E-state index contributed by atoms with van der Waals surface area (Å²) in [5, 5.41) is 2.57. The number of allylic oxidation sites excluding steroid dienone is 1. The Morgan fingerprint density at radius 1 is 1.18 bits per heavy atom. The van der Waals surface area contributed by atoms with Gasteiger partial charge < -0.3 is 24.3 Å². The van der Waals surface area contributed by atoms with Crippen LogP contribution in [0.1, 0.15) is 32.8 Å². The normalized spacial score (nSPS) is 20.2. The zero-order chi connectivity index (χ0) is 24.9. The second kappa shape index (κ2) is 10.5. The Morgan fingerprint density at radius 2 is 1.88 bits per heavy atom. The lowest BCUT2D eigenvalue weighted by molar-refractivity contribution is -0.149. The average molecular weight is 472 g/mol. The maximum atomic E-state index is 12.9. The van der Waals surface area contributed by atoms with Crippen LogP contribution in [0.25, 0.3) is 0 Å². The lowest BCUT2D eigenvalue weighted by atomic mass is 9.84. The van der Waals surface area contributed by atoms with Crippen molar-refractivity contribution in [2.75, 3.05) is 13.7 Å². The first-order valence-electron chi connectivity index (χ1n) is 11.0. The summed E-state index contributed by atoms with van der Waals surface area (Å²) in [7, 11) is 1.25. The quantitative estimate of drug-likeness (QED) is 0.367. The van der Waals surface area contributed by atoms with Crippen LogP contribution in [0.5, 0.6) is 0 Å². The predicted octanol–water partition coefficient (Wildman–Crippen LogP) is 2.84. The first-order valence-corrected chi connectivity index (χ1v) is 11.0. The Balaban J connectivity index is 1.68. The van der Waals surface area contributed by atoms with E-state index in [9.17, 15) is 19.2 Å². The molecule has 3 rings (SSSR count). The minimum Gasteiger partial charge on any atom is -0.466 e. The molecular formula is C25H29NO8. The van der Waals surface area contributed by atoms with E-state index < -0.39 is 47.5 Å².